The molecule has 0 aliphatic carbocycles. The predicted molar refractivity (Wildman–Crippen MR) is 148 cm³/mol. The number of anilines is 1. The molecular weight excluding hydrogens is 526 g/mol. The Bertz CT molecular complexity index is 1550. The minimum Gasteiger partial charge on any atom is -0.391 e. The third kappa shape index (κ3) is 6.11. The van der Waals surface area contributed by atoms with Crippen LogP contribution >= 0.6 is 0 Å². The van der Waals surface area contributed by atoms with Gasteiger partial charge in [0.1, 0.15) is 0 Å². The van der Waals surface area contributed by atoms with Crippen LogP contribution in [0, 0.1) is 5.92 Å². The maximum Gasteiger partial charge on any atom is 0.243 e. The second-order valence-corrected chi connectivity index (χ2v) is 13.6. The Morgan fingerprint density at radius 2 is 1.45 bits per heavy atom. The van der Waals surface area contributed by atoms with Gasteiger partial charge < -0.3 is 10.0 Å². The summed E-state index contributed by atoms with van der Waals surface area (Å²) in [6.07, 6.45) is -1.21. The molecule has 0 aliphatic rings. The molecule has 0 saturated heterocycles. The highest BCUT2D eigenvalue weighted by atomic mass is 32.2. The quantitative estimate of drug-likeness (QED) is 0.209. The molecule has 0 heterocycles. The van der Waals surface area contributed by atoms with Gasteiger partial charge in [0.05, 0.1) is 26.8 Å². The molecule has 0 aliphatic heterocycles. The fourth-order valence-corrected chi connectivity index (χ4v) is 7.25. The van der Waals surface area contributed by atoms with Crippen molar-refractivity contribution < 1.29 is 21.9 Å². The van der Waals surface area contributed by atoms with Crippen LogP contribution in [0.4, 0.5) is 5.69 Å². The average molecular weight is 560 g/mol. The van der Waals surface area contributed by atoms with Crippen molar-refractivity contribution in [1.82, 2.24) is 4.31 Å². The zero-order valence-electron chi connectivity index (χ0n) is 22.1. The first-order chi connectivity index (χ1) is 17.8. The first-order valence-corrected chi connectivity index (χ1v) is 15.0. The molecule has 0 bridgehead atoms. The number of nitrogens with zero attached hydrogens (tertiary/aromatic N) is 5. The maximum atomic E-state index is 13.6. The SMILES string of the molecule is CC(C)CN(CC(O)[C@H](C)N=[N+]=[N-])S(=O)(=O)c1ccc(S(=O)(=O)c2cccc3c(N(C)C)cccc23)cc1. The summed E-state index contributed by atoms with van der Waals surface area (Å²) in [5.74, 6) is -0.0511. The van der Waals surface area contributed by atoms with Gasteiger partial charge >= 0.3 is 0 Å². The Kier molecular flexibility index (Phi) is 9.06. The molecule has 12 heteroatoms. The van der Waals surface area contributed by atoms with Gasteiger partial charge in [0.15, 0.2) is 0 Å². The van der Waals surface area contributed by atoms with Crippen LogP contribution in [-0.4, -0.2) is 65.6 Å². The van der Waals surface area contributed by atoms with Crippen LogP contribution in [0.1, 0.15) is 20.8 Å². The second-order valence-electron chi connectivity index (χ2n) is 9.73. The maximum absolute atomic E-state index is 13.6. The van der Waals surface area contributed by atoms with E-state index in [2.05, 4.69) is 10.0 Å². The van der Waals surface area contributed by atoms with Crippen LogP contribution in [0.25, 0.3) is 21.2 Å². The molecule has 10 nitrogen and oxygen atoms in total. The molecule has 38 heavy (non-hydrogen) atoms. The van der Waals surface area contributed by atoms with Gasteiger partial charge in [0, 0.05) is 48.6 Å². The van der Waals surface area contributed by atoms with Crippen LogP contribution in [0.2, 0.25) is 0 Å². The lowest BCUT2D eigenvalue weighted by Gasteiger charge is -2.27. The van der Waals surface area contributed by atoms with Crippen molar-refractivity contribution in [3.63, 3.8) is 0 Å². The Labute approximate surface area is 224 Å². The number of sulfonamides is 1. The van der Waals surface area contributed by atoms with Gasteiger partial charge in [-0.05, 0) is 47.8 Å². The molecular formula is C26H33N5O5S2. The number of benzene rings is 3. The van der Waals surface area contributed by atoms with Gasteiger partial charge in [-0.2, -0.15) is 4.31 Å². The fraction of sp³-hybridized carbons (Fsp3) is 0.385. The highest BCUT2D eigenvalue weighted by Crippen LogP contribution is 2.33. The Balaban J connectivity index is 2.00. The number of hydrogen-bond acceptors (Lipinski definition) is 7. The fourth-order valence-electron chi connectivity index (χ4n) is 4.15. The van der Waals surface area contributed by atoms with E-state index in [4.69, 9.17) is 5.53 Å². The van der Waals surface area contributed by atoms with Crippen molar-refractivity contribution in [3.05, 3.63) is 71.1 Å². The number of azide groups is 1. The third-order valence-electron chi connectivity index (χ3n) is 6.15. The molecule has 0 radical (unpaired) electrons. The minimum atomic E-state index is -4.08. The first-order valence-electron chi connectivity index (χ1n) is 12.1. The van der Waals surface area contributed by atoms with E-state index in [1.165, 1.54) is 31.2 Å². The van der Waals surface area contributed by atoms with Crippen LogP contribution in [0.15, 0.2) is 80.5 Å². The van der Waals surface area contributed by atoms with Gasteiger partial charge in [0.25, 0.3) is 0 Å². The molecule has 3 aromatic carbocycles. The number of rotatable bonds is 11. The number of sulfone groups is 1. The number of aliphatic hydroxyl groups is 1. The average Bonchev–Trinajstić information content (AvgIpc) is 2.87. The topological polar surface area (TPSA) is 144 Å². The van der Waals surface area contributed by atoms with E-state index in [0.29, 0.717) is 5.39 Å². The van der Waals surface area contributed by atoms with Crippen molar-refractivity contribution in [2.24, 2.45) is 11.0 Å². The molecule has 0 amide bonds. The summed E-state index contributed by atoms with van der Waals surface area (Å²) in [5.41, 5.74) is 9.52. The van der Waals surface area contributed by atoms with E-state index in [1.54, 1.807) is 24.3 Å². The van der Waals surface area contributed by atoms with Crippen molar-refractivity contribution in [2.75, 3.05) is 32.1 Å². The lowest BCUT2D eigenvalue weighted by atomic mass is 10.1. The minimum absolute atomic E-state index is 0.0355. The largest absolute Gasteiger partial charge is 0.391 e. The van der Waals surface area contributed by atoms with E-state index >= 15 is 0 Å². The van der Waals surface area contributed by atoms with E-state index in [1.807, 2.05) is 45.0 Å². The van der Waals surface area contributed by atoms with Gasteiger partial charge in [-0.15, -0.1) is 0 Å². The lowest BCUT2D eigenvalue weighted by molar-refractivity contribution is 0.122. The summed E-state index contributed by atoms with van der Waals surface area (Å²) in [4.78, 5) is 4.57. The molecule has 204 valence electrons. The second kappa shape index (κ2) is 11.7. The molecule has 0 aromatic heterocycles. The van der Waals surface area contributed by atoms with Crippen LogP contribution in [0.3, 0.4) is 0 Å². The molecule has 1 unspecified atom stereocenters. The molecule has 0 fully saturated rings. The van der Waals surface area contributed by atoms with E-state index in [0.717, 1.165) is 15.4 Å². The number of hydrogen-bond donors (Lipinski definition) is 1. The van der Waals surface area contributed by atoms with Crippen molar-refractivity contribution in [2.45, 2.75) is 47.6 Å². The zero-order chi connectivity index (χ0) is 28.3. The summed E-state index contributed by atoms with van der Waals surface area (Å²) in [7, 11) is -4.27. The van der Waals surface area contributed by atoms with Gasteiger partial charge in [-0.1, -0.05) is 50.2 Å². The summed E-state index contributed by atoms with van der Waals surface area (Å²) in [6, 6.07) is 14.8. The Hall–Kier alpha value is -3.15. The summed E-state index contributed by atoms with van der Waals surface area (Å²) in [5, 5.41) is 15.2. The molecule has 3 rings (SSSR count). The van der Waals surface area contributed by atoms with Crippen LogP contribution < -0.4 is 4.90 Å². The third-order valence-corrected chi connectivity index (χ3v) is 9.83. The molecule has 0 saturated carbocycles. The van der Waals surface area contributed by atoms with E-state index in [-0.39, 0.29) is 33.7 Å². The van der Waals surface area contributed by atoms with E-state index < -0.39 is 32.0 Å². The molecule has 3 aromatic rings. The number of aliphatic hydroxyl groups excluding tert-OH is 1. The normalized spacial score (nSPS) is 13.9. The summed E-state index contributed by atoms with van der Waals surface area (Å²) >= 11 is 0. The molecule has 2 atom stereocenters. The van der Waals surface area contributed by atoms with E-state index in [9.17, 15) is 21.9 Å². The highest BCUT2D eigenvalue weighted by molar-refractivity contribution is 7.91. The van der Waals surface area contributed by atoms with Gasteiger partial charge in [-0.25, -0.2) is 16.8 Å². The lowest BCUT2D eigenvalue weighted by Crippen LogP contribution is -2.42. The molecule has 1 N–H and O–H groups in total. The van der Waals surface area contributed by atoms with Gasteiger partial charge in [-0.3, -0.25) is 0 Å². The Morgan fingerprint density at radius 3 is 2.03 bits per heavy atom. The number of fused-ring (bicyclic) bond motifs is 1. The summed E-state index contributed by atoms with van der Waals surface area (Å²) < 4.78 is 55.2. The Morgan fingerprint density at radius 1 is 0.868 bits per heavy atom. The molecule has 0 spiro atoms. The predicted octanol–water partition coefficient (Wildman–Crippen LogP) is 4.45. The van der Waals surface area contributed by atoms with Crippen molar-refractivity contribution >= 4 is 36.3 Å². The van der Waals surface area contributed by atoms with Crippen molar-refractivity contribution in [3.8, 4) is 0 Å². The van der Waals surface area contributed by atoms with Gasteiger partial charge in [0.2, 0.25) is 19.9 Å². The highest BCUT2D eigenvalue weighted by Gasteiger charge is 2.30. The standard InChI is InChI=1S/C26H33N5O5S2/c1-18(2)16-31(17-25(32)19(3)28-29-27)38(35,36)21-14-12-20(13-15-21)37(33,34)26-11-7-8-22-23(26)9-6-10-24(22)30(4)5/h6-15,18-19,25,32H,16-17H2,1-5H3/t19-,25?/m0/s1. The monoisotopic (exact) mass is 559 g/mol. The van der Waals surface area contributed by atoms with Crippen LogP contribution in [-0.2, 0) is 19.9 Å². The summed E-state index contributed by atoms with van der Waals surface area (Å²) in [6.45, 7) is 5.03. The van der Waals surface area contributed by atoms with Crippen molar-refractivity contribution in [1.29, 1.82) is 0 Å². The smallest absolute Gasteiger partial charge is 0.243 e. The first kappa shape index (κ1) is 29.4. The zero-order valence-corrected chi connectivity index (χ0v) is 23.7. The van der Waals surface area contributed by atoms with Crippen LogP contribution in [0.5, 0.6) is 0 Å².